The quantitative estimate of drug-likeness (QED) is 0.653. The van der Waals surface area contributed by atoms with Crippen LogP contribution in [0.4, 0.5) is 11.4 Å². The molecule has 1 heterocycles. The Labute approximate surface area is 121 Å². The number of benzene rings is 1. The molecule has 5 nitrogen and oxygen atoms in total. The maximum Gasteiger partial charge on any atom is 0.340 e. The zero-order chi connectivity index (χ0) is 14.5. The summed E-state index contributed by atoms with van der Waals surface area (Å²) in [6.07, 6.45) is 0.801. The number of aryl methyl sites for hydroxylation is 1. The third kappa shape index (κ3) is 3.48. The third-order valence-corrected chi connectivity index (χ3v) is 3.63. The first-order valence-corrected chi connectivity index (χ1v) is 7.11. The van der Waals surface area contributed by atoms with Gasteiger partial charge in [-0.15, -0.1) is 11.3 Å². The highest BCUT2D eigenvalue weighted by Gasteiger charge is 2.12. The number of methoxy groups -OCH3 is 1. The van der Waals surface area contributed by atoms with Crippen LogP contribution in [0.2, 0.25) is 0 Å². The number of nitrogens with two attached hydrogens (primary N) is 1. The number of hydrogen-bond donors (Lipinski definition) is 2. The molecule has 1 aromatic carbocycles. The third-order valence-electron chi connectivity index (χ3n) is 2.81. The molecule has 0 bridgehead atoms. The number of rotatable bonds is 5. The van der Waals surface area contributed by atoms with Gasteiger partial charge in [-0.3, -0.25) is 0 Å². The smallest absolute Gasteiger partial charge is 0.340 e. The van der Waals surface area contributed by atoms with Gasteiger partial charge < -0.3 is 15.8 Å². The van der Waals surface area contributed by atoms with E-state index in [0.29, 0.717) is 17.8 Å². The molecular weight excluding hydrogens is 274 g/mol. The summed E-state index contributed by atoms with van der Waals surface area (Å²) in [6, 6.07) is 5.15. The lowest BCUT2D eigenvalue weighted by atomic mass is 10.1. The summed E-state index contributed by atoms with van der Waals surface area (Å²) in [7, 11) is 1.35. The second-order valence-corrected chi connectivity index (χ2v) is 5.39. The van der Waals surface area contributed by atoms with E-state index in [4.69, 9.17) is 10.5 Å². The number of nitrogens with zero attached hydrogens (tertiary/aromatic N) is 1. The second-order valence-electron chi connectivity index (χ2n) is 4.33. The maximum absolute atomic E-state index is 11.7. The fourth-order valence-electron chi connectivity index (χ4n) is 1.84. The minimum absolute atomic E-state index is 0.399. The molecule has 0 spiro atoms. The van der Waals surface area contributed by atoms with Crippen LogP contribution in [-0.4, -0.2) is 24.6 Å². The predicted octanol–water partition coefficient (Wildman–Crippen LogP) is 2.47. The van der Waals surface area contributed by atoms with Crippen molar-refractivity contribution < 1.29 is 9.53 Å². The van der Waals surface area contributed by atoms with Crippen molar-refractivity contribution in [2.45, 2.75) is 13.3 Å². The standard InChI is InChI=1S/C14H17N3O2S/c1-9-17-11(8-20-9)5-6-16-13-4-3-10(15)7-12(13)14(18)19-2/h3-4,7-8,16H,5-6,15H2,1-2H3. The molecule has 20 heavy (non-hydrogen) atoms. The molecule has 0 unspecified atom stereocenters. The largest absolute Gasteiger partial charge is 0.465 e. The first-order valence-electron chi connectivity index (χ1n) is 6.23. The van der Waals surface area contributed by atoms with E-state index in [-0.39, 0.29) is 0 Å². The topological polar surface area (TPSA) is 77.2 Å². The van der Waals surface area contributed by atoms with Crippen molar-refractivity contribution in [3.05, 3.63) is 39.8 Å². The molecule has 0 saturated carbocycles. The van der Waals surface area contributed by atoms with Crippen molar-refractivity contribution in [1.82, 2.24) is 4.98 Å². The van der Waals surface area contributed by atoms with Crippen molar-refractivity contribution in [2.24, 2.45) is 0 Å². The highest BCUT2D eigenvalue weighted by Crippen LogP contribution is 2.20. The fraction of sp³-hybridized carbons (Fsp3) is 0.286. The lowest BCUT2D eigenvalue weighted by molar-refractivity contribution is 0.0602. The van der Waals surface area contributed by atoms with Crippen molar-refractivity contribution in [3.8, 4) is 0 Å². The Kier molecular flexibility index (Phi) is 4.57. The minimum Gasteiger partial charge on any atom is -0.465 e. The average Bonchev–Trinajstić information content (AvgIpc) is 2.85. The number of aromatic nitrogens is 1. The number of anilines is 2. The van der Waals surface area contributed by atoms with Crippen LogP contribution in [0.1, 0.15) is 21.1 Å². The Bertz CT molecular complexity index is 610. The van der Waals surface area contributed by atoms with Gasteiger partial charge in [-0.05, 0) is 25.1 Å². The SMILES string of the molecule is COC(=O)c1cc(N)ccc1NCCc1csc(C)n1. The number of nitrogens with one attached hydrogen (secondary N) is 1. The Morgan fingerprint density at radius 3 is 2.95 bits per heavy atom. The monoisotopic (exact) mass is 291 g/mol. The Hall–Kier alpha value is -2.08. The highest BCUT2D eigenvalue weighted by atomic mass is 32.1. The Balaban J connectivity index is 2.03. The molecule has 2 aromatic rings. The molecule has 0 aliphatic heterocycles. The van der Waals surface area contributed by atoms with E-state index in [0.717, 1.165) is 22.8 Å². The summed E-state index contributed by atoms with van der Waals surface area (Å²) in [5.74, 6) is -0.399. The van der Waals surface area contributed by atoms with Gasteiger partial charge in [-0.2, -0.15) is 0 Å². The molecule has 2 rings (SSSR count). The molecule has 0 radical (unpaired) electrons. The van der Waals surface area contributed by atoms with E-state index in [1.165, 1.54) is 7.11 Å². The molecule has 0 atom stereocenters. The molecule has 0 saturated heterocycles. The normalized spacial score (nSPS) is 10.3. The molecule has 0 aliphatic carbocycles. The number of carbonyl (C=O) groups excluding carboxylic acids is 1. The van der Waals surface area contributed by atoms with E-state index >= 15 is 0 Å². The van der Waals surface area contributed by atoms with Gasteiger partial charge in [0.05, 0.1) is 23.4 Å². The zero-order valence-electron chi connectivity index (χ0n) is 11.5. The summed E-state index contributed by atoms with van der Waals surface area (Å²) < 4.78 is 4.75. The van der Waals surface area contributed by atoms with Gasteiger partial charge in [-0.1, -0.05) is 0 Å². The molecule has 106 valence electrons. The number of esters is 1. The van der Waals surface area contributed by atoms with E-state index in [1.807, 2.05) is 12.3 Å². The molecule has 0 aliphatic rings. The van der Waals surface area contributed by atoms with Crippen LogP contribution >= 0.6 is 11.3 Å². The average molecular weight is 291 g/mol. The van der Waals surface area contributed by atoms with E-state index in [1.54, 1.807) is 29.5 Å². The van der Waals surface area contributed by atoms with Crippen molar-refractivity contribution in [3.63, 3.8) is 0 Å². The summed E-state index contributed by atoms with van der Waals surface area (Å²) in [5, 5.41) is 6.32. The van der Waals surface area contributed by atoms with E-state index in [2.05, 4.69) is 10.3 Å². The fourth-order valence-corrected chi connectivity index (χ4v) is 2.49. The zero-order valence-corrected chi connectivity index (χ0v) is 12.3. The number of carbonyl (C=O) groups is 1. The number of nitrogen functional groups attached to an aromatic ring is 1. The van der Waals surface area contributed by atoms with Crippen molar-refractivity contribution in [2.75, 3.05) is 24.7 Å². The van der Waals surface area contributed by atoms with Crippen LogP contribution in [0.15, 0.2) is 23.6 Å². The van der Waals surface area contributed by atoms with Gasteiger partial charge in [0, 0.05) is 29.7 Å². The van der Waals surface area contributed by atoms with Crippen molar-refractivity contribution >= 4 is 28.7 Å². The van der Waals surface area contributed by atoms with Gasteiger partial charge in [-0.25, -0.2) is 9.78 Å². The lowest BCUT2D eigenvalue weighted by Gasteiger charge is -2.11. The van der Waals surface area contributed by atoms with Gasteiger partial charge in [0.25, 0.3) is 0 Å². The van der Waals surface area contributed by atoms with Crippen LogP contribution in [0.3, 0.4) is 0 Å². The second kappa shape index (κ2) is 6.38. The van der Waals surface area contributed by atoms with E-state index < -0.39 is 5.97 Å². The van der Waals surface area contributed by atoms with Gasteiger partial charge >= 0.3 is 5.97 Å². The Morgan fingerprint density at radius 1 is 1.50 bits per heavy atom. The lowest BCUT2D eigenvalue weighted by Crippen LogP contribution is -2.11. The summed E-state index contributed by atoms with van der Waals surface area (Å²) in [4.78, 5) is 16.1. The number of ether oxygens (including phenoxy) is 1. The van der Waals surface area contributed by atoms with Crippen LogP contribution in [0, 0.1) is 6.92 Å². The van der Waals surface area contributed by atoms with Crippen LogP contribution in [-0.2, 0) is 11.2 Å². The first-order chi connectivity index (χ1) is 9.60. The van der Waals surface area contributed by atoms with Gasteiger partial charge in [0.1, 0.15) is 0 Å². The van der Waals surface area contributed by atoms with Crippen LogP contribution < -0.4 is 11.1 Å². The summed E-state index contributed by atoms with van der Waals surface area (Å²) in [5.41, 5.74) is 8.45. The van der Waals surface area contributed by atoms with Gasteiger partial charge in [0.15, 0.2) is 0 Å². The van der Waals surface area contributed by atoms with E-state index in [9.17, 15) is 4.79 Å². The summed E-state index contributed by atoms with van der Waals surface area (Å²) >= 11 is 1.63. The summed E-state index contributed by atoms with van der Waals surface area (Å²) in [6.45, 7) is 2.67. The number of hydrogen-bond acceptors (Lipinski definition) is 6. The first kappa shape index (κ1) is 14.3. The number of thiazole rings is 1. The maximum atomic E-state index is 11.7. The van der Waals surface area contributed by atoms with Gasteiger partial charge in [0.2, 0.25) is 0 Å². The molecule has 0 amide bonds. The molecular formula is C14H17N3O2S. The minimum atomic E-state index is -0.399. The molecule has 6 heteroatoms. The molecule has 1 aromatic heterocycles. The molecule has 0 fully saturated rings. The van der Waals surface area contributed by atoms with Crippen LogP contribution in [0.25, 0.3) is 0 Å². The molecule has 3 N–H and O–H groups in total. The Morgan fingerprint density at radius 2 is 2.30 bits per heavy atom. The predicted molar refractivity (Wildman–Crippen MR) is 81.2 cm³/mol. The van der Waals surface area contributed by atoms with Crippen molar-refractivity contribution in [1.29, 1.82) is 0 Å². The highest BCUT2D eigenvalue weighted by molar-refractivity contribution is 7.09. The van der Waals surface area contributed by atoms with Crippen LogP contribution in [0.5, 0.6) is 0 Å².